The van der Waals surface area contributed by atoms with Gasteiger partial charge in [0.05, 0.1) is 31.8 Å². The summed E-state index contributed by atoms with van der Waals surface area (Å²) in [7, 11) is 0.161. The average molecular weight is 300 g/mol. The zero-order valence-electron chi connectivity index (χ0n) is 11.7. The molecule has 1 heterocycles. The topological polar surface area (TPSA) is 72.8 Å². The maximum Gasteiger partial charge on any atom is 0.160 e. The van der Waals surface area contributed by atoms with Gasteiger partial charge in [-0.3, -0.25) is 0 Å². The van der Waals surface area contributed by atoms with Crippen LogP contribution in [0.5, 0.6) is 11.5 Å². The highest BCUT2D eigenvalue weighted by atomic mass is 32.2. The third-order valence-corrected chi connectivity index (χ3v) is 5.50. The number of rotatable bonds is 5. The SMILES string of the molecule is COc1ccc(CC(O)C2CCS(=O)(=O)C2)cc1OC. The van der Waals surface area contributed by atoms with E-state index in [-0.39, 0.29) is 17.4 Å². The van der Waals surface area contributed by atoms with Gasteiger partial charge < -0.3 is 14.6 Å². The number of sulfone groups is 1. The first kappa shape index (κ1) is 15.1. The van der Waals surface area contributed by atoms with Crippen molar-refractivity contribution in [1.82, 2.24) is 0 Å². The molecule has 1 N–H and O–H groups in total. The second kappa shape index (κ2) is 6.01. The van der Waals surface area contributed by atoms with Gasteiger partial charge in [0.15, 0.2) is 21.3 Å². The standard InChI is InChI=1S/C14H20O5S/c1-18-13-4-3-10(8-14(13)19-2)7-12(15)11-5-6-20(16,17)9-11/h3-4,8,11-12,15H,5-7,9H2,1-2H3. The van der Waals surface area contributed by atoms with E-state index >= 15 is 0 Å². The van der Waals surface area contributed by atoms with E-state index in [2.05, 4.69) is 0 Å². The molecule has 2 unspecified atom stereocenters. The molecular weight excluding hydrogens is 280 g/mol. The molecule has 0 aromatic heterocycles. The van der Waals surface area contributed by atoms with Gasteiger partial charge in [0.2, 0.25) is 0 Å². The quantitative estimate of drug-likeness (QED) is 0.879. The molecule has 0 aliphatic carbocycles. The van der Waals surface area contributed by atoms with Gasteiger partial charge in [-0.1, -0.05) is 6.07 Å². The summed E-state index contributed by atoms with van der Waals surface area (Å²) in [5, 5.41) is 10.2. The molecule has 1 aliphatic heterocycles. The zero-order chi connectivity index (χ0) is 14.8. The van der Waals surface area contributed by atoms with E-state index in [9.17, 15) is 13.5 Å². The summed E-state index contributed by atoms with van der Waals surface area (Å²) in [4.78, 5) is 0. The van der Waals surface area contributed by atoms with E-state index in [1.807, 2.05) is 12.1 Å². The van der Waals surface area contributed by atoms with Gasteiger partial charge in [0.25, 0.3) is 0 Å². The summed E-state index contributed by atoms with van der Waals surface area (Å²) < 4.78 is 33.2. The van der Waals surface area contributed by atoms with Crippen molar-refractivity contribution in [2.24, 2.45) is 5.92 Å². The summed E-state index contributed by atoms with van der Waals surface area (Å²) in [5.41, 5.74) is 0.902. The molecule has 0 amide bonds. The van der Waals surface area contributed by atoms with Crippen molar-refractivity contribution in [2.75, 3.05) is 25.7 Å². The predicted molar refractivity (Wildman–Crippen MR) is 76.0 cm³/mol. The monoisotopic (exact) mass is 300 g/mol. The summed E-state index contributed by atoms with van der Waals surface area (Å²) in [6, 6.07) is 5.45. The molecule has 20 heavy (non-hydrogen) atoms. The number of ether oxygens (including phenoxy) is 2. The lowest BCUT2D eigenvalue weighted by Gasteiger charge is -2.17. The maximum atomic E-state index is 11.4. The minimum Gasteiger partial charge on any atom is -0.493 e. The van der Waals surface area contributed by atoms with Gasteiger partial charge in [-0.15, -0.1) is 0 Å². The van der Waals surface area contributed by atoms with E-state index in [1.165, 1.54) is 0 Å². The first-order chi connectivity index (χ1) is 9.45. The highest BCUT2D eigenvalue weighted by molar-refractivity contribution is 7.91. The second-order valence-corrected chi connectivity index (χ2v) is 7.35. The van der Waals surface area contributed by atoms with Crippen molar-refractivity contribution in [3.05, 3.63) is 23.8 Å². The molecule has 0 saturated carbocycles. The molecular formula is C14H20O5S. The van der Waals surface area contributed by atoms with Crippen LogP contribution >= 0.6 is 0 Å². The fraction of sp³-hybridized carbons (Fsp3) is 0.571. The minimum atomic E-state index is -2.96. The van der Waals surface area contributed by atoms with Crippen molar-refractivity contribution in [1.29, 1.82) is 0 Å². The Labute approximate surface area is 119 Å². The van der Waals surface area contributed by atoms with Crippen molar-refractivity contribution in [3.63, 3.8) is 0 Å². The molecule has 6 heteroatoms. The molecule has 0 radical (unpaired) electrons. The average Bonchev–Trinajstić information content (AvgIpc) is 2.79. The van der Waals surface area contributed by atoms with Crippen molar-refractivity contribution < 1.29 is 23.0 Å². The first-order valence-electron chi connectivity index (χ1n) is 6.54. The molecule has 1 fully saturated rings. The number of hydrogen-bond donors (Lipinski definition) is 1. The number of methoxy groups -OCH3 is 2. The Morgan fingerprint density at radius 1 is 1.30 bits per heavy atom. The maximum absolute atomic E-state index is 11.4. The number of hydrogen-bond acceptors (Lipinski definition) is 5. The fourth-order valence-corrected chi connectivity index (χ4v) is 4.41. The van der Waals surface area contributed by atoms with Crippen LogP contribution in [0.15, 0.2) is 18.2 Å². The van der Waals surface area contributed by atoms with E-state index in [1.54, 1.807) is 20.3 Å². The zero-order valence-corrected chi connectivity index (χ0v) is 12.5. The Morgan fingerprint density at radius 2 is 2.00 bits per heavy atom. The number of benzene rings is 1. The van der Waals surface area contributed by atoms with E-state index in [0.29, 0.717) is 24.3 Å². The Hall–Kier alpha value is -1.27. The van der Waals surface area contributed by atoms with Gasteiger partial charge in [-0.2, -0.15) is 0 Å². The first-order valence-corrected chi connectivity index (χ1v) is 8.36. The normalized spacial score (nSPS) is 22.4. The summed E-state index contributed by atoms with van der Waals surface area (Å²) in [5.74, 6) is 1.33. The van der Waals surface area contributed by atoms with E-state index < -0.39 is 15.9 Å². The summed E-state index contributed by atoms with van der Waals surface area (Å²) >= 11 is 0. The second-order valence-electron chi connectivity index (χ2n) is 5.12. The van der Waals surface area contributed by atoms with Gasteiger partial charge in [0, 0.05) is 5.92 Å². The lowest BCUT2D eigenvalue weighted by molar-refractivity contribution is 0.120. The van der Waals surface area contributed by atoms with Crippen LogP contribution in [-0.2, 0) is 16.3 Å². The van der Waals surface area contributed by atoms with Crippen LogP contribution in [0.4, 0.5) is 0 Å². The Balaban J connectivity index is 2.06. The van der Waals surface area contributed by atoms with E-state index in [4.69, 9.17) is 9.47 Å². The lowest BCUT2D eigenvalue weighted by atomic mass is 9.95. The largest absolute Gasteiger partial charge is 0.493 e. The third kappa shape index (κ3) is 3.43. The highest BCUT2D eigenvalue weighted by Crippen LogP contribution is 2.29. The molecule has 1 aromatic rings. The fourth-order valence-electron chi connectivity index (χ4n) is 2.54. The molecule has 2 atom stereocenters. The lowest BCUT2D eigenvalue weighted by Crippen LogP contribution is -2.23. The number of aliphatic hydroxyl groups is 1. The van der Waals surface area contributed by atoms with Gasteiger partial charge in [-0.05, 0) is 30.5 Å². The van der Waals surface area contributed by atoms with Crippen LogP contribution in [0.2, 0.25) is 0 Å². The van der Waals surface area contributed by atoms with Crippen LogP contribution in [0.3, 0.4) is 0 Å². The molecule has 0 bridgehead atoms. The molecule has 1 aromatic carbocycles. The molecule has 1 saturated heterocycles. The van der Waals surface area contributed by atoms with Gasteiger partial charge in [0.1, 0.15) is 0 Å². The van der Waals surface area contributed by atoms with E-state index in [0.717, 1.165) is 5.56 Å². The Kier molecular flexibility index (Phi) is 4.55. The molecule has 5 nitrogen and oxygen atoms in total. The van der Waals surface area contributed by atoms with Gasteiger partial charge in [-0.25, -0.2) is 8.42 Å². The van der Waals surface area contributed by atoms with Crippen LogP contribution in [0, 0.1) is 5.92 Å². The van der Waals surface area contributed by atoms with Crippen molar-refractivity contribution >= 4 is 9.84 Å². The summed E-state index contributed by atoms with van der Waals surface area (Å²) in [6.07, 6.45) is 0.308. The molecule has 1 aliphatic rings. The molecule has 112 valence electrons. The minimum absolute atomic E-state index is 0.0848. The van der Waals surface area contributed by atoms with Gasteiger partial charge >= 0.3 is 0 Å². The van der Waals surface area contributed by atoms with Crippen LogP contribution in [0.1, 0.15) is 12.0 Å². The third-order valence-electron chi connectivity index (χ3n) is 3.70. The van der Waals surface area contributed by atoms with Crippen LogP contribution in [-0.4, -0.2) is 45.4 Å². The smallest absolute Gasteiger partial charge is 0.160 e. The predicted octanol–water partition coefficient (Wildman–Crippen LogP) is 1.04. The Bertz CT molecular complexity index is 567. The van der Waals surface area contributed by atoms with Crippen LogP contribution < -0.4 is 9.47 Å². The summed E-state index contributed by atoms with van der Waals surface area (Å²) in [6.45, 7) is 0. The van der Waals surface area contributed by atoms with Crippen molar-refractivity contribution in [3.8, 4) is 11.5 Å². The molecule has 0 spiro atoms. The number of aliphatic hydroxyl groups excluding tert-OH is 1. The van der Waals surface area contributed by atoms with Crippen LogP contribution in [0.25, 0.3) is 0 Å². The Morgan fingerprint density at radius 3 is 2.55 bits per heavy atom. The van der Waals surface area contributed by atoms with Crippen molar-refractivity contribution in [2.45, 2.75) is 18.9 Å². The highest BCUT2D eigenvalue weighted by Gasteiger charge is 2.32. The molecule has 2 rings (SSSR count).